The zero-order valence-corrected chi connectivity index (χ0v) is 14.8. The molecule has 0 saturated carbocycles. The summed E-state index contributed by atoms with van der Waals surface area (Å²) in [5, 5.41) is 10.2. The number of hydrogen-bond acceptors (Lipinski definition) is 6. The molecule has 132 valence electrons. The Hall–Kier alpha value is -2.48. The normalized spacial score (nSPS) is 18.3. The smallest absolute Gasteiger partial charge is 0.164 e. The van der Waals surface area contributed by atoms with E-state index in [-0.39, 0.29) is 12.3 Å². The lowest BCUT2D eigenvalue weighted by molar-refractivity contribution is -0.0384. The van der Waals surface area contributed by atoms with E-state index in [0.717, 1.165) is 53.9 Å². The van der Waals surface area contributed by atoms with Crippen LogP contribution in [0.15, 0.2) is 12.5 Å². The summed E-state index contributed by atoms with van der Waals surface area (Å²) >= 11 is 0. The number of ether oxygens (including phenoxy) is 1. The molecule has 4 heterocycles. The summed E-state index contributed by atoms with van der Waals surface area (Å²) in [6.45, 7) is 6.93. The molecule has 3 aromatic heterocycles. The second kappa shape index (κ2) is 6.11. The lowest BCUT2D eigenvalue weighted by atomic mass is 10.1. The van der Waals surface area contributed by atoms with Crippen LogP contribution in [-0.2, 0) is 4.74 Å². The van der Waals surface area contributed by atoms with Crippen molar-refractivity contribution in [1.29, 1.82) is 0 Å². The molecule has 1 unspecified atom stereocenters. The molecule has 1 aliphatic rings. The summed E-state index contributed by atoms with van der Waals surface area (Å²) in [6, 6.07) is 0.160. The fourth-order valence-corrected chi connectivity index (χ4v) is 3.40. The van der Waals surface area contributed by atoms with Gasteiger partial charge in [0.2, 0.25) is 0 Å². The van der Waals surface area contributed by atoms with Gasteiger partial charge in [0.1, 0.15) is 17.8 Å². The minimum Gasteiger partial charge on any atom is -0.383 e. The summed E-state index contributed by atoms with van der Waals surface area (Å²) in [5.74, 6) is 0.434. The maximum absolute atomic E-state index is 6.19. The van der Waals surface area contributed by atoms with E-state index in [1.807, 2.05) is 22.5 Å². The van der Waals surface area contributed by atoms with Crippen LogP contribution in [0.4, 0.5) is 5.82 Å². The Balaban J connectivity index is 1.95. The van der Waals surface area contributed by atoms with Gasteiger partial charge in [0, 0.05) is 12.6 Å². The highest BCUT2D eigenvalue weighted by atomic mass is 16.5. The van der Waals surface area contributed by atoms with Crippen LogP contribution in [0, 0.1) is 6.92 Å². The fourth-order valence-electron chi connectivity index (χ4n) is 3.40. The second-order valence-electron chi connectivity index (χ2n) is 6.79. The average Bonchev–Trinajstić information content (AvgIpc) is 3.17. The Kier molecular flexibility index (Phi) is 3.91. The minimum atomic E-state index is -0.0671. The number of aromatic nitrogens is 6. The van der Waals surface area contributed by atoms with E-state index in [2.05, 4.69) is 28.9 Å². The lowest BCUT2D eigenvalue weighted by Gasteiger charge is -2.24. The Morgan fingerprint density at radius 1 is 1.28 bits per heavy atom. The van der Waals surface area contributed by atoms with Crippen LogP contribution in [0.25, 0.3) is 22.4 Å². The molecule has 4 rings (SSSR count). The third-order valence-corrected chi connectivity index (χ3v) is 4.64. The molecule has 0 amide bonds. The first kappa shape index (κ1) is 16.0. The molecule has 25 heavy (non-hydrogen) atoms. The number of nitrogens with two attached hydrogens (primary N) is 1. The molecule has 0 aliphatic carbocycles. The van der Waals surface area contributed by atoms with Crippen LogP contribution < -0.4 is 5.73 Å². The van der Waals surface area contributed by atoms with Crippen molar-refractivity contribution in [1.82, 2.24) is 29.5 Å². The molecular weight excluding hydrogens is 318 g/mol. The SMILES string of the molecule is Cc1cnn(C2CCCCO2)c1-c1nn(C(C)C)c2ncnc(N)c12. The molecular formula is C17H23N7O. The van der Waals surface area contributed by atoms with E-state index in [1.54, 1.807) is 0 Å². The van der Waals surface area contributed by atoms with Crippen LogP contribution in [0.3, 0.4) is 0 Å². The molecule has 1 atom stereocenters. The topological polar surface area (TPSA) is 96.7 Å². The number of anilines is 1. The Morgan fingerprint density at radius 2 is 2.12 bits per heavy atom. The molecule has 1 fully saturated rings. The predicted octanol–water partition coefficient (Wildman–Crippen LogP) is 2.86. The van der Waals surface area contributed by atoms with E-state index in [4.69, 9.17) is 15.6 Å². The second-order valence-corrected chi connectivity index (χ2v) is 6.79. The van der Waals surface area contributed by atoms with E-state index in [9.17, 15) is 0 Å². The zero-order valence-electron chi connectivity index (χ0n) is 14.8. The summed E-state index contributed by atoms with van der Waals surface area (Å²) in [7, 11) is 0. The van der Waals surface area contributed by atoms with Crippen LogP contribution in [0.2, 0.25) is 0 Å². The molecule has 8 nitrogen and oxygen atoms in total. The number of rotatable bonds is 3. The molecule has 1 saturated heterocycles. The summed E-state index contributed by atoms with van der Waals surface area (Å²) < 4.78 is 9.77. The van der Waals surface area contributed by atoms with Crippen molar-refractivity contribution >= 4 is 16.9 Å². The van der Waals surface area contributed by atoms with Crippen molar-refractivity contribution in [3.63, 3.8) is 0 Å². The van der Waals surface area contributed by atoms with Gasteiger partial charge in [0.05, 0.1) is 17.3 Å². The quantitative estimate of drug-likeness (QED) is 0.787. The van der Waals surface area contributed by atoms with E-state index >= 15 is 0 Å². The molecule has 0 radical (unpaired) electrons. The van der Waals surface area contributed by atoms with Crippen LogP contribution in [0.5, 0.6) is 0 Å². The summed E-state index contributed by atoms with van der Waals surface area (Å²) in [6.07, 6.45) is 6.45. The maximum atomic E-state index is 6.19. The summed E-state index contributed by atoms with van der Waals surface area (Å²) in [5.41, 5.74) is 9.67. The van der Waals surface area contributed by atoms with Gasteiger partial charge >= 0.3 is 0 Å². The zero-order chi connectivity index (χ0) is 17.6. The van der Waals surface area contributed by atoms with Crippen molar-refractivity contribution in [3.05, 3.63) is 18.1 Å². The molecule has 3 aromatic rings. The minimum absolute atomic E-state index is 0.0671. The van der Waals surface area contributed by atoms with Gasteiger partial charge in [-0.1, -0.05) is 0 Å². The van der Waals surface area contributed by atoms with Gasteiger partial charge in [-0.15, -0.1) is 0 Å². The Labute approximate surface area is 146 Å². The molecule has 1 aliphatic heterocycles. The average molecular weight is 341 g/mol. The van der Waals surface area contributed by atoms with Crippen LogP contribution >= 0.6 is 0 Å². The molecule has 0 aromatic carbocycles. The van der Waals surface area contributed by atoms with Crippen molar-refractivity contribution in [2.24, 2.45) is 0 Å². The lowest BCUT2D eigenvalue weighted by Crippen LogP contribution is -2.20. The number of nitrogen functional groups attached to an aromatic ring is 1. The van der Waals surface area contributed by atoms with Gasteiger partial charge in [0.25, 0.3) is 0 Å². The first-order valence-electron chi connectivity index (χ1n) is 8.72. The van der Waals surface area contributed by atoms with Gasteiger partial charge in [-0.05, 0) is 45.6 Å². The third kappa shape index (κ3) is 2.57. The molecule has 2 N–H and O–H groups in total. The third-order valence-electron chi connectivity index (χ3n) is 4.64. The van der Waals surface area contributed by atoms with Crippen molar-refractivity contribution in [2.75, 3.05) is 12.3 Å². The predicted molar refractivity (Wildman–Crippen MR) is 94.9 cm³/mol. The van der Waals surface area contributed by atoms with Gasteiger partial charge in [-0.25, -0.2) is 19.3 Å². The standard InChI is InChI=1S/C17H23N7O/c1-10(2)23-17-13(16(18)19-9-20-17)14(22-23)15-11(3)8-21-24(15)12-6-4-5-7-25-12/h8-10,12H,4-7H2,1-3H3,(H2,18,19,20). The first-order chi connectivity index (χ1) is 12.1. The van der Waals surface area contributed by atoms with Gasteiger partial charge in [0.15, 0.2) is 11.9 Å². The summed E-state index contributed by atoms with van der Waals surface area (Å²) in [4.78, 5) is 8.59. The Bertz CT molecular complexity index is 905. The number of fused-ring (bicyclic) bond motifs is 1. The molecule has 8 heteroatoms. The van der Waals surface area contributed by atoms with Crippen molar-refractivity contribution in [2.45, 2.75) is 52.3 Å². The van der Waals surface area contributed by atoms with Crippen LogP contribution in [-0.4, -0.2) is 36.1 Å². The van der Waals surface area contributed by atoms with Gasteiger partial charge in [-0.2, -0.15) is 10.2 Å². The van der Waals surface area contributed by atoms with Crippen molar-refractivity contribution in [3.8, 4) is 11.4 Å². The fraction of sp³-hybridized carbons (Fsp3) is 0.529. The first-order valence-corrected chi connectivity index (χ1v) is 8.72. The maximum Gasteiger partial charge on any atom is 0.164 e. The monoisotopic (exact) mass is 341 g/mol. The number of hydrogen-bond donors (Lipinski definition) is 1. The van der Waals surface area contributed by atoms with Gasteiger partial charge < -0.3 is 10.5 Å². The van der Waals surface area contributed by atoms with E-state index in [1.165, 1.54) is 6.33 Å². The highest BCUT2D eigenvalue weighted by Crippen LogP contribution is 2.36. The van der Waals surface area contributed by atoms with Crippen molar-refractivity contribution < 1.29 is 4.74 Å². The number of nitrogens with zero attached hydrogens (tertiary/aromatic N) is 6. The van der Waals surface area contributed by atoms with Gasteiger partial charge in [-0.3, -0.25) is 0 Å². The van der Waals surface area contributed by atoms with E-state index in [0.29, 0.717) is 5.82 Å². The molecule has 0 spiro atoms. The highest BCUT2D eigenvalue weighted by molar-refractivity contribution is 5.98. The Morgan fingerprint density at radius 3 is 2.84 bits per heavy atom. The highest BCUT2D eigenvalue weighted by Gasteiger charge is 2.26. The largest absolute Gasteiger partial charge is 0.383 e. The number of aryl methyl sites for hydroxylation is 1. The van der Waals surface area contributed by atoms with E-state index < -0.39 is 0 Å². The van der Waals surface area contributed by atoms with Crippen LogP contribution in [0.1, 0.15) is 50.9 Å². The molecule has 0 bridgehead atoms.